The average Bonchev–Trinajstić information content (AvgIpc) is 2.66. The normalized spacial score (nSPS) is 16.1. The summed E-state index contributed by atoms with van der Waals surface area (Å²) in [5, 5.41) is 3.28. The molecule has 0 spiro atoms. The van der Waals surface area contributed by atoms with Crippen LogP contribution in [0.3, 0.4) is 0 Å². The maximum atomic E-state index is 13.0. The minimum Gasteiger partial charge on any atom is -0.324 e. The molecule has 0 aliphatic carbocycles. The zero-order chi connectivity index (χ0) is 20.3. The zero-order valence-corrected chi connectivity index (χ0v) is 17.6. The van der Waals surface area contributed by atoms with Gasteiger partial charge < -0.3 is 5.32 Å². The number of benzene rings is 2. The number of hydrogen-bond donors (Lipinski definition) is 1. The van der Waals surface area contributed by atoms with Crippen LogP contribution in [-0.2, 0) is 14.8 Å². The van der Waals surface area contributed by atoms with E-state index in [9.17, 15) is 13.2 Å². The van der Waals surface area contributed by atoms with Crippen molar-refractivity contribution in [3.8, 4) is 0 Å². The zero-order valence-electron chi connectivity index (χ0n) is 16.0. The van der Waals surface area contributed by atoms with Crippen LogP contribution < -0.4 is 5.32 Å². The van der Waals surface area contributed by atoms with Gasteiger partial charge in [0.2, 0.25) is 15.9 Å². The highest BCUT2D eigenvalue weighted by Gasteiger charge is 2.30. The van der Waals surface area contributed by atoms with Crippen LogP contribution in [-0.4, -0.2) is 56.3 Å². The molecule has 8 heteroatoms. The Morgan fingerprint density at radius 2 is 1.75 bits per heavy atom. The van der Waals surface area contributed by atoms with Crippen LogP contribution in [0.4, 0.5) is 5.69 Å². The quantitative estimate of drug-likeness (QED) is 0.805. The highest BCUT2D eigenvalue weighted by atomic mass is 35.5. The van der Waals surface area contributed by atoms with Crippen molar-refractivity contribution in [3.63, 3.8) is 0 Å². The lowest BCUT2D eigenvalue weighted by Gasteiger charge is -2.33. The molecule has 6 nitrogen and oxygen atoms in total. The number of sulfonamides is 1. The van der Waals surface area contributed by atoms with Crippen molar-refractivity contribution in [2.75, 3.05) is 38.0 Å². The van der Waals surface area contributed by atoms with Gasteiger partial charge in [-0.2, -0.15) is 4.31 Å². The van der Waals surface area contributed by atoms with Crippen LogP contribution in [0, 0.1) is 13.8 Å². The third kappa shape index (κ3) is 4.72. The highest BCUT2D eigenvalue weighted by molar-refractivity contribution is 7.89. The fraction of sp³-hybridized carbons (Fsp3) is 0.350. The second kappa shape index (κ2) is 8.61. The molecule has 28 heavy (non-hydrogen) atoms. The molecule has 0 saturated carbocycles. The molecule has 150 valence electrons. The Bertz CT molecular complexity index is 970. The maximum Gasteiger partial charge on any atom is 0.243 e. The van der Waals surface area contributed by atoms with Crippen LogP contribution >= 0.6 is 11.6 Å². The number of nitrogens with one attached hydrogen (secondary N) is 1. The number of piperazine rings is 1. The van der Waals surface area contributed by atoms with Gasteiger partial charge in [-0.3, -0.25) is 9.69 Å². The van der Waals surface area contributed by atoms with E-state index in [0.717, 1.165) is 11.1 Å². The van der Waals surface area contributed by atoms with E-state index in [2.05, 4.69) is 5.32 Å². The van der Waals surface area contributed by atoms with Gasteiger partial charge in [0.25, 0.3) is 0 Å². The van der Waals surface area contributed by atoms with E-state index in [0.29, 0.717) is 41.8 Å². The molecule has 1 aliphatic heterocycles. The number of halogens is 1. The Labute approximate surface area is 171 Å². The van der Waals surface area contributed by atoms with Crippen molar-refractivity contribution < 1.29 is 13.2 Å². The molecule has 2 aromatic carbocycles. The first kappa shape index (κ1) is 20.8. The summed E-state index contributed by atoms with van der Waals surface area (Å²) in [5.41, 5.74) is 2.23. The topological polar surface area (TPSA) is 69.7 Å². The van der Waals surface area contributed by atoms with E-state index < -0.39 is 10.0 Å². The minimum absolute atomic E-state index is 0.168. The highest BCUT2D eigenvalue weighted by Crippen LogP contribution is 2.23. The molecule has 1 N–H and O–H groups in total. The average molecular weight is 422 g/mol. The van der Waals surface area contributed by atoms with E-state index in [4.69, 9.17) is 11.6 Å². The Balaban J connectivity index is 1.59. The molecule has 3 rings (SSSR count). The number of amides is 1. The summed E-state index contributed by atoms with van der Waals surface area (Å²) in [6.07, 6.45) is 0. The third-order valence-corrected chi connectivity index (χ3v) is 7.18. The molecule has 1 aliphatic rings. The van der Waals surface area contributed by atoms with Crippen LogP contribution in [0.25, 0.3) is 0 Å². The number of rotatable bonds is 5. The Morgan fingerprint density at radius 1 is 1.07 bits per heavy atom. The predicted octanol–water partition coefficient (Wildman–Crippen LogP) is 2.90. The monoisotopic (exact) mass is 421 g/mol. The third-order valence-electron chi connectivity index (χ3n) is 4.81. The first-order valence-corrected chi connectivity index (χ1v) is 10.9. The lowest BCUT2D eigenvalue weighted by atomic mass is 10.2. The second-order valence-electron chi connectivity index (χ2n) is 6.98. The van der Waals surface area contributed by atoms with Gasteiger partial charge in [-0.05, 0) is 43.2 Å². The van der Waals surface area contributed by atoms with E-state index >= 15 is 0 Å². The summed E-state index contributed by atoms with van der Waals surface area (Å²) in [7, 11) is -3.53. The van der Waals surface area contributed by atoms with Gasteiger partial charge in [0.1, 0.15) is 0 Å². The first-order chi connectivity index (χ1) is 13.3. The van der Waals surface area contributed by atoms with Crippen molar-refractivity contribution in [2.24, 2.45) is 0 Å². The molecule has 1 heterocycles. The fourth-order valence-electron chi connectivity index (χ4n) is 3.21. The van der Waals surface area contributed by atoms with Crippen molar-refractivity contribution in [2.45, 2.75) is 18.7 Å². The summed E-state index contributed by atoms with van der Waals surface area (Å²) in [6.45, 7) is 5.60. The number of carbonyl (C=O) groups is 1. The molecule has 2 aromatic rings. The van der Waals surface area contributed by atoms with E-state index in [1.807, 2.05) is 30.9 Å². The summed E-state index contributed by atoms with van der Waals surface area (Å²) < 4.78 is 27.5. The summed E-state index contributed by atoms with van der Waals surface area (Å²) in [4.78, 5) is 14.6. The van der Waals surface area contributed by atoms with Crippen molar-refractivity contribution in [1.82, 2.24) is 9.21 Å². The Kier molecular flexibility index (Phi) is 6.40. The SMILES string of the molecule is Cc1ccc(C)c(S(=O)(=O)N2CCN(CC(=O)Nc3ccccc3Cl)CC2)c1. The van der Waals surface area contributed by atoms with Gasteiger partial charge in [-0.25, -0.2) is 8.42 Å². The Morgan fingerprint density at radius 3 is 2.43 bits per heavy atom. The minimum atomic E-state index is -3.53. The fourth-order valence-corrected chi connectivity index (χ4v) is 5.12. The largest absolute Gasteiger partial charge is 0.324 e. The van der Waals surface area contributed by atoms with Crippen LogP contribution in [0.1, 0.15) is 11.1 Å². The lowest BCUT2D eigenvalue weighted by molar-refractivity contribution is -0.117. The van der Waals surface area contributed by atoms with Crippen molar-refractivity contribution in [3.05, 3.63) is 58.6 Å². The molecule has 1 amide bonds. The number of aryl methyl sites for hydroxylation is 2. The van der Waals surface area contributed by atoms with Crippen molar-refractivity contribution in [1.29, 1.82) is 0 Å². The predicted molar refractivity (Wildman–Crippen MR) is 111 cm³/mol. The molecular weight excluding hydrogens is 398 g/mol. The molecular formula is C20H24ClN3O3S. The summed E-state index contributed by atoms with van der Waals surface area (Å²) >= 11 is 6.06. The first-order valence-electron chi connectivity index (χ1n) is 9.11. The maximum absolute atomic E-state index is 13.0. The molecule has 0 bridgehead atoms. The van der Waals surface area contributed by atoms with E-state index in [1.54, 1.807) is 30.3 Å². The number of nitrogens with zero attached hydrogens (tertiary/aromatic N) is 2. The van der Waals surface area contributed by atoms with Crippen LogP contribution in [0.15, 0.2) is 47.4 Å². The van der Waals surface area contributed by atoms with Gasteiger partial charge in [0.15, 0.2) is 0 Å². The van der Waals surface area contributed by atoms with Crippen LogP contribution in [0.2, 0.25) is 5.02 Å². The van der Waals surface area contributed by atoms with E-state index in [1.165, 1.54) is 4.31 Å². The van der Waals surface area contributed by atoms with Crippen molar-refractivity contribution >= 4 is 33.2 Å². The number of hydrogen-bond acceptors (Lipinski definition) is 4. The summed E-state index contributed by atoms with van der Waals surface area (Å²) in [6, 6.07) is 12.5. The van der Waals surface area contributed by atoms with E-state index in [-0.39, 0.29) is 12.5 Å². The molecule has 1 fully saturated rings. The van der Waals surface area contributed by atoms with Crippen LogP contribution in [0.5, 0.6) is 0 Å². The second-order valence-corrected chi connectivity index (χ2v) is 9.29. The summed E-state index contributed by atoms with van der Waals surface area (Å²) in [5.74, 6) is -0.168. The van der Waals surface area contributed by atoms with Gasteiger partial charge >= 0.3 is 0 Å². The number of carbonyl (C=O) groups excluding carboxylic acids is 1. The van der Waals surface area contributed by atoms with Gasteiger partial charge in [0, 0.05) is 26.2 Å². The Hall–Kier alpha value is -1.93. The lowest BCUT2D eigenvalue weighted by Crippen LogP contribution is -2.50. The van der Waals surface area contributed by atoms with Gasteiger partial charge in [0.05, 0.1) is 22.2 Å². The number of para-hydroxylation sites is 1. The molecule has 0 aromatic heterocycles. The number of anilines is 1. The van der Waals surface area contributed by atoms with Gasteiger partial charge in [-0.15, -0.1) is 0 Å². The molecule has 0 radical (unpaired) electrons. The smallest absolute Gasteiger partial charge is 0.243 e. The molecule has 0 unspecified atom stereocenters. The molecule has 1 saturated heterocycles. The molecule has 0 atom stereocenters. The standard InChI is InChI=1S/C20H24ClN3O3S/c1-15-7-8-16(2)19(13-15)28(26,27)24-11-9-23(10-12-24)14-20(25)22-18-6-4-3-5-17(18)21/h3-8,13H,9-12,14H2,1-2H3,(H,22,25). The van der Waals surface area contributed by atoms with Gasteiger partial charge in [-0.1, -0.05) is 35.9 Å².